The van der Waals surface area contributed by atoms with Crippen LogP contribution in [0.5, 0.6) is 0 Å². The van der Waals surface area contributed by atoms with Gasteiger partial charge >= 0.3 is 0 Å². The number of aldehydes is 1. The van der Waals surface area contributed by atoms with Crippen LogP contribution in [0.2, 0.25) is 0 Å². The number of ether oxygens (including phenoxy) is 2. The summed E-state index contributed by atoms with van der Waals surface area (Å²) < 4.78 is 11.7. The van der Waals surface area contributed by atoms with Crippen molar-refractivity contribution < 1.29 is 14.3 Å². The minimum absolute atomic E-state index is 0.317. The van der Waals surface area contributed by atoms with Crippen LogP contribution in [-0.4, -0.2) is 54.3 Å². The Balaban J connectivity index is 1.19. The molecule has 0 saturated carbocycles. The molecule has 0 aliphatic carbocycles. The van der Waals surface area contributed by atoms with Gasteiger partial charge in [-0.25, -0.2) is 0 Å². The van der Waals surface area contributed by atoms with Crippen LogP contribution < -0.4 is 5.73 Å². The molecule has 0 amide bonds. The van der Waals surface area contributed by atoms with Crippen molar-refractivity contribution in [2.24, 2.45) is 0 Å². The number of carbonyl (C=O) groups is 1. The van der Waals surface area contributed by atoms with Gasteiger partial charge in [0.05, 0.1) is 37.7 Å². The number of nitrogens with two attached hydrogens (primary N) is 1. The Bertz CT molecular complexity index is 956. The zero-order valence-electron chi connectivity index (χ0n) is 17.6. The second-order valence-corrected chi connectivity index (χ2v) is 8.96. The van der Waals surface area contributed by atoms with E-state index in [1.165, 1.54) is 12.8 Å². The molecule has 3 fully saturated rings. The van der Waals surface area contributed by atoms with Crippen molar-refractivity contribution in [3.8, 4) is 0 Å². The highest BCUT2D eigenvalue weighted by atomic mass is 16.5. The molecule has 2 bridgehead atoms. The highest BCUT2D eigenvalue weighted by Crippen LogP contribution is 2.39. The van der Waals surface area contributed by atoms with E-state index < -0.39 is 0 Å². The number of piperidine rings is 1. The molecule has 6 heteroatoms. The molecule has 162 valence electrons. The molecule has 2 aromatic rings. The quantitative estimate of drug-likeness (QED) is 0.408. The lowest BCUT2D eigenvalue weighted by Crippen LogP contribution is -2.57. The highest BCUT2D eigenvalue weighted by Gasteiger charge is 2.45. The van der Waals surface area contributed by atoms with Crippen molar-refractivity contribution in [3.05, 3.63) is 64.7 Å². The molecule has 3 N–H and O–H groups in total. The van der Waals surface area contributed by atoms with E-state index in [0.717, 1.165) is 43.5 Å². The molecule has 3 saturated heterocycles. The third-order valence-corrected chi connectivity index (χ3v) is 7.00. The van der Waals surface area contributed by atoms with Gasteiger partial charge in [-0.15, -0.1) is 0 Å². The maximum atomic E-state index is 11.1. The second-order valence-electron chi connectivity index (χ2n) is 8.96. The van der Waals surface area contributed by atoms with E-state index in [-0.39, 0.29) is 0 Å². The summed E-state index contributed by atoms with van der Waals surface area (Å²) in [5.74, 6) is 0. The Morgan fingerprint density at radius 2 is 1.81 bits per heavy atom. The van der Waals surface area contributed by atoms with Crippen LogP contribution in [0.1, 0.15) is 52.7 Å². The highest BCUT2D eigenvalue weighted by molar-refractivity contribution is 6.14. The van der Waals surface area contributed by atoms with Crippen LogP contribution in [0.3, 0.4) is 0 Å². The normalized spacial score (nSPS) is 25.9. The molecule has 31 heavy (non-hydrogen) atoms. The van der Waals surface area contributed by atoms with Crippen molar-refractivity contribution in [2.45, 2.75) is 56.5 Å². The lowest BCUT2D eigenvalue weighted by Gasteiger charge is -2.46. The van der Waals surface area contributed by atoms with Crippen LogP contribution in [0.25, 0.3) is 0 Å². The molecule has 3 aliphatic rings. The lowest BCUT2D eigenvalue weighted by molar-refractivity contribution is -0.113. The van der Waals surface area contributed by atoms with Crippen LogP contribution >= 0.6 is 0 Å². The first-order valence-electron chi connectivity index (χ1n) is 11.1. The smallest absolute Gasteiger partial charge is 0.150 e. The van der Waals surface area contributed by atoms with Crippen molar-refractivity contribution in [3.63, 3.8) is 0 Å². The van der Waals surface area contributed by atoms with Crippen LogP contribution in [0.15, 0.2) is 42.5 Å². The van der Waals surface area contributed by atoms with E-state index in [2.05, 4.69) is 4.90 Å². The summed E-state index contributed by atoms with van der Waals surface area (Å²) in [5, 5.41) is 8.50. The fraction of sp³-hybridized carbons (Fsp3) is 0.440. The number of nitrogens with one attached hydrogen (secondary N) is 1. The number of nitrogen functional groups attached to an aromatic ring is 1. The summed E-state index contributed by atoms with van der Waals surface area (Å²) in [4.78, 5) is 13.8. The van der Waals surface area contributed by atoms with Gasteiger partial charge < -0.3 is 15.2 Å². The third-order valence-electron chi connectivity index (χ3n) is 7.00. The van der Waals surface area contributed by atoms with Gasteiger partial charge in [0.2, 0.25) is 0 Å². The minimum Gasteiger partial charge on any atom is -0.398 e. The molecule has 5 rings (SSSR count). The van der Waals surface area contributed by atoms with Crippen molar-refractivity contribution in [1.82, 2.24) is 4.90 Å². The summed E-state index contributed by atoms with van der Waals surface area (Å²) in [5.41, 5.74) is 9.81. The largest absolute Gasteiger partial charge is 0.398 e. The molecule has 2 atom stereocenters. The predicted molar refractivity (Wildman–Crippen MR) is 120 cm³/mol. The van der Waals surface area contributed by atoms with Crippen molar-refractivity contribution >= 4 is 17.7 Å². The molecule has 0 radical (unpaired) electrons. The minimum atomic E-state index is 0.317. The lowest BCUT2D eigenvalue weighted by atomic mass is 9.96. The molecule has 2 unspecified atom stereocenters. The number of benzene rings is 2. The predicted octanol–water partition coefficient (Wildman–Crippen LogP) is 3.41. The standard InChI is InChI=1S/C25H29N3O3/c26-24-8-3-17(12-29)9-23(24)25(27)18-4-1-16(2-5-18)13-31-22-10-19-6-7-20(11-22)28(19)21-14-30-15-21/h1-5,8-9,12,19-22,27H,6-7,10-11,13-15,26H2. The Kier molecular flexibility index (Phi) is 5.61. The zero-order valence-corrected chi connectivity index (χ0v) is 17.6. The summed E-state index contributed by atoms with van der Waals surface area (Å²) in [6.45, 7) is 2.38. The second kappa shape index (κ2) is 8.54. The van der Waals surface area contributed by atoms with Gasteiger partial charge in [-0.1, -0.05) is 24.3 Å². The van der Waals surface area contributed by atoms with Gasteiger partial charge in [-0.2, -0.15) is 0 Å². The van der Waals surface area contributed by atoms with Crippen molar-refractivity contribution in [2.75, 3.05) is 18.9 Å². The van der Waals surface area contributed by atoms with E-state index in [1.54, 1.807) is 18.2 Å². The van der Waals surface area contributed by atoms with Gasteiger partial charge in [0.15, 0.2) is 0 Å². The molecule has 6 nitrogen and oxygen atoms in total. The fourth-order valence-corrected chi connectivity index (χ4v) is 5.29. The molecule has 0 spiro atoms. The average Bonchev–Trinajstić information content (AvgIpc) is 3.00. The number of hydrogen-bond acceptors (Lipinski definition) is 6. The van der Waals surface area contributed by atoms with E-state index in [0.29, 0.717) is 53.4 Å². The SMILES string of the molecule is N=C(c1ccc(COC2CC3CCC(C2)N3C2COC2)cc1)c1cc(C=O)ccc1N. The number of rotatable bonds is 7. The summed E-state index contributed by atoms with van der Waals surface area (Å²) >= 11 is 0. The average molecular weight is 420 g/mol. The Morgan fingerprint density at radius 3 is 2.42 bits per heavy atom. The molecule has 3 aliphatic heterocycles. The molecular formula is C25H29N3O3. The molecular weight excluding hydrogens is 390 g/mol. The first-order valence-corrected chi connectivity index (χ1v) is 11.1. The Hall–Kier alpha value is -2.54. The molecule has 3 heterocycles. The number of hydrogen-bond donors (Lipinski definition) is 2. The number of fused-ring (bicyclic) bond motifs is 2. The van der Waals surface area contributed by atoms with Crippen LogP contribution in [-0.2, 0) is 16.1 Å². The third kappa shape index (κ3) is 4.03. The van der Waals surface area contributed by atoms with Crippen LogP contribution in [0, 0.1) is 5.41 Å². The fourth-order valence-electron chi connectivity index (χ4n) is 5.29. The Labute approximate surface area is 182 Å². The number of carbonyl (C=O) groups excluding carboxylic acids is 1. The first kappa shape index (κ1) is 20.4. The summed E-state index contributed by atoms with van der Waals surface area (Å²) in [6.07, 6.45) is 5.88. The topological polar surface area (TPSA) is 88.6 Å². The van der Waals surface area contributed by atoms with E-state index >= 15 is 0 Å². The monoisotopic (exact) mass is 419 g/mol. The van der Waals surface area contributed by atoms with E-state index in [9.17, 15) is 4.79 Å². The van der Waals surface area contributed by atoms with Gasteiger partial charge in [0, 0.05) is 34.5 Å². The molecule has 0 aromatic heterocycles. The Morgan fingerprint density at radius 1 is 1.10 bits per heavy atom. The molecule has 2 aromatic carbocycles. The zero-order chi connectivity index (χ0) is 21.4. The first-order chi connectivity index (χ1) is 15.1. The van der Waals surface area contributed by atoms with Gasteiger partial charge in [-0.3, -0.25) is 15.1 Å². The van der Waals surface area contributed by atoms with Gasteiger partial charge in [0.1, 0.15) is 6.29 Å². The number of nitrogens with zero attached hydrogens (tertiary/aromatic N) is 1. The van der Waals surface area contributed by atoms with E-state index in [1.807, 2.05) is 24.3 Å². The maximum Gasteiger partial charge on any atom is 0.150 e. The van der Waals surface area contributed by atoms with Gasteiger partial charge in [-0.05, 0) is 49.4 Å². The summed E-state index contributed by atoms with van der Waals surface area (Å²) in [6, 6.07) is 14.8. The number of anilines is 1. The van der Waals surface area contributed by atoms with E-state index in [4.69, 9.17) is 20.6 Å². The van der Waals surface area contributed by atoms with Gasteiger partial charge in [0.25, 0.3) is 0 Å². The van der Waals surface area contributed by atoms with Crippen molar-refractivity contribution in [1.29, 1.82) is 5.41 Å². The van der Waals surface area contributed by atoms with Crippen LogP contribution in [0.4, 0.5) is 5.69 Å². The summed E-state index contributed by atoms with van der Waals surface area (Å²) in [7, 11) is 0. The maximum absolute atomic E-state index is 11.1.